The second kappa shape index (κ2) is 5.67. The van der Waals surface area contributed by atoms with E-state index in [0.29, 0.717) is 0 Å². The number of halogens is 7. The van der Waals surface area contributed by atoms with Gasteiger partial charge in [-0.15, -0.1) is 0 Å². The van der Waals surface area contributed by atoms with Crippen molar-refractivity contribution in [3.8, 4) is 0 Å². The topological polar surface area (TPSA) is 40.5 Å². The van der Waals surface area contributed by atoms with Crippen molar-refractivity contribution in [2.45, 2.75) is 63.8 Å². The third-order valence-electron chi connectivity index (χ3n) is 2.77. The summed E-state index contributed by atoms with van der Waals surface area (Å²) >= 11 is 0. The Balaban J connectivity index is 5.03. The lowest BCUT2D eigenvalue weighted by atomic mass is 9.84. The van der Waals surface area contributed by atoms with E-state index < -0.39 is 48.5 Å². The molecule has 2 atom stereocenters. The molecule has 0 aromatic rings. The Hall–Kier alpha value is -0.570. The highest BCUT2D eigenvalue weighted by atomic mass is 19.4. The van der Waals surface area contributed by atoms with Crippen LogP contribution >= 0.6 is 0 Å². The van der Waals surface area contributed by atoms with E-state index >= 15 is 0 Å². The fourth-order valence-corrected chi connectivity index (χ4v) is 1.33. The monoisotopic (exact) mass is 314 g/mol. The first-order valence-corrected chi connectivity index (χ1v) is 5.69. The van der Waals surface area contributed by atoms with Crippen LogP contribution in [0.3, 0.4) is 0 Å². The summed E-state index contributed by atoms with van der Waals surface area (Å²) < 4.78 is 88.0. The fourth-order valence-electron chi connectivity index (χ4n) is 1.33. The molecule has 0 fully saturated rings. The lowest BCUT2D eigenvalue weighted by Crippen LogP contribution is -2.53. The van der Waals surface area contributed by atoms with Gasteiger partial charge in [-0.3, -0.25) is 0 Å². The maximum Gasteiger partial charge on any atom is 0.395 e. The Labute approximate surface area is 111 Å². The van der Waals surface area contributed by atoms with Gasteiger partial charge in [-0.2, -0.15) is 30.7 Å². The first kappa shape index (κ1) is 19.4. The molecule has 0 bridgehead atoms. The summed E-state index contributed by atoms with van der Waals surface area (Å²) in [6.07, 6.45) is -14.4. The van der Waals surface area contributed by atoms with Crippen molar-refractivity contribution in [2.75, 3.05) is 0 Å². The summed E-state index contributed by atoms with van der Waals surface area (Å²) in [6, 6.07) is 0. The minimum atomic E-state index is -5.50. The number of hydrogen-bond donors (Lipinski definition) is 2. The molecule has 0 radical (unpaired) electrons. The molecule has 2 nitrogen and oxygen atoms in total. The highest BCUT2D eigenvalue weighted by Crippen LogP contribution is 2.45. The minimum Gasteiger partial charge on any atom is -0.392 e. The van der Waals surface area contributed by atoms with E-state index in [0.717, 1.165) is 0 Å². The van der Waals surface area contributed by atoms with Gasteiger partial charge in [-0.05, 0) is 5.41 Å². The zero-order valence-electron chi connectivity index (χ0n) is 11.1. The van der Waals surface area contributed by atoms with Crippen LogP contribution in [-0.2, 0) is 0 Å². The normalized spacial score (nSPS) is 18.0. The molecule has 0 aromatic heterocycles. The predicted octanol–water partition coefficient (Wildman–Crippen LogP) is 3.37. The summed E-state index contributed by atoms with van der Waals surface area (Å²) in [5.74, 6) is -10.8. The smallest absolute Gasteiger partial charge is 0.392 e. The van der Waals surface area contributed by atoms with Crippen molar-refractivity contribution < 1.29 is 40.9 Å². The Kier molecular flexibility index (Phi) is 5.51. The fraction of sp³-hybridized carbons (Fsp3) is 1.00. The molecule has 0 aliphatic carbocycles. The molecule has 2 unspecified atom stereocenters. The largest absolute Gasteiger partial charge is 0.395 e. The van der Waals surface area contributed by atoms with Gasteiger partial charge in [0, 0.05) is 6.42 Å². The lowest BCUT2D eigenvalue weighted by molar-refractivity contribution is -0.293. The number of hydrogen-bond acceptors (Lipinski definition) is 2. The van der Waals surface area contributed by atoms with Gasteiger partial charge < -0.3 is 10.2 Å². The second-order valence-corrected chi connectivity index (χ2v) is 5.75. The van der Waals surface area contributed by atoms with Gasteiger partial charge in [0.05, 0.1) is 6.10 Å². The van der Waals surface area contributed by atoms with E-state index in [1.807, 2.05) is 0 Å². The van der Waals surface area contributed by atoms with E-state index in [4.69, 9.17) is 5.11 Å². The quantitative estimate of drug-likeness (QED) is 0.764. The number of aliphatic hydroxyl groups excluding tert-OH is 2. The summed E-state index contributed by atoms with van der Waals surface area (Å²) in [6.45, 7) is 4.20. The highest BCUT2D eigenvalue weighted by Gasteiger charge is 2.64. The Morgan fingerprint density at radius 3 is 1.50 bits per heavy atom. The van der Waals surface area contributed by atoms with E-state index in [1.165, 1.54) is 20.8 Å². The van der Waals surface area contributed by atoms with Crippen LogP contribution in [-0.4, -0.2) is 40.4 Å². The molecule has 0 amide bonds. The van der Waals surface area contributed by atoms with Gasteiger partial charge in [0.25, 0.3) is 0 Å². The van der Waals surface area contributed by atoms with Crippen molar-refractivity contribution in [1.82, 2.24) is 0 Å². The summed E-state index contributed by atoms with van der Waals surface area (Å²) in [5, 5.41) is 18.5. The van der Waals surface area contributed by atoms with Gasteiger partial charge in [0.15, 0.2) is 0 Å². The van der Waals surface area contributed by atoms with E-state index in [1.54, 1.807) is 0 Å². The van der Waals surface area contributed by atoms with Gasteiger partial charge in [-0.1, -0.05) is 20.8 Å². The molecule has 0 aliphatic rings. The molecule has 0 heterocycles. The predicted molar refractivity (Wildman–Crippen MR) is 56.7 cm³/mol. The van der Waals surface area contributed by atoms with Crippen LogP contribution in [0, 0.1) is 5.41 Å². The molecule has 0 saturated carbocycles. The van der Waals surface area contributed by atoms with Crippen molar-refractivity contribution in [3.05, 3.63) is 0 Å². The zero-order valence-corrected chi connectivity index (χ0v) is 11.1. The SMILES string of the molecule is CC(C)(C)C(O)CC(O)C(F)(F)C(F)(F)CC(F)(F)F. The molecule has 0 aromatic carbocycles. The van der Waals surface area contributed by atoms with Crippen molar-refractivity contribution in [1.29, 1.82) is 0 Å². The number of rotatable bonds is 5. The third kappa shape index (κ3) is 5.08. The van der Waals surface area contributed by atoms with E-state index in [2.05, 4.69) is 0 Å². The Morgan fingerprint density at radius 2 is 1.20 bits per heavy atom. The van der Waals surface area contributed by atoms with Gasteiger partial charge in [-0.25, -0.2) is 0 Å². The van der Waals surface area contributed by atoms with Crippen molar-refractivity contribution in [3.63, 3.8) is 0 Å². The first-order valence-electron chi connectivity index (χ1n) is 5.69. The Bertz CT molecular complexity index is 320. The third-order valence-corrected chi connectivity index (χ3v) is 2.77. The minimum absolute atomic E-state index is 0.990. The van der Waals surface area contributed by atoms with Crippen LogP contribution in [0.25, 0.3) is 0 Å². The molecule has 20 heavy (non-hydrogen) atoms. The standard InChI is InChI=1S/C11H17F7O2/c1-8(2,3)6(19)4-7(20)11(17,18)9(12,13)5-10(14,15)16/h6-7,19-20H,4-5H2,1-3H3. The van der Waals surface area contributed by atoms with E-state index in [9.17, 15) is 35.8 Å². The number of alkyl halides is 7. The average Bonchev–Trinajstić information content (AvgIpc) is 2.11. The highest BCUT2D eigenvalue weighted by molar-refractivity contribution is 4.94. The Morgan fingerprint density at radius 1 is 0.800 bits per heavy atom. The second-order valence-electron chi connectivity index (χ2n) is 5.75. The lowest BCUT2D eigenvalue weighted by Gasteiger charge is -2.34. The van der Waals surface area contributed by atoms with Crippen LogP contribution < -0.4 is 0 Å². The molecule has 122 valence electrons. The molecular weight excluding hydrogens is 297 g/mol. The van der Waals surface area contributed by atoms with E-state index in [-0.39, 0.29) is 0 Å². The van der Waals surface area contributed by atoms with Crippen LogP contribution in [0.1, 0.15) is 33.6 Å². The van der Waals surface area contributed by atoms with Crippen LogP contribution in [0.2, 0.25) is 0 Å². The molecular formula is C11H17F7O2. The summed E-state index contributed by atoms with van der Waals surface area (Å²) in [4.78, 5) is 0. The number of aliphatic hydroxyl groups is 2. The van der Waals surface area contributed by atoms with Crippen molar-refractivity contribution >= 4 is 0 Å². The molecule has 0 rings (SSSR count). The maximum atomic E-state index is 13.3. The summed E-state index contributed by atoms with van der Waals surface area (Å²) in [7, 11) is 0. The van der Waals surface area contributed by atoms with Crippen LogP contribution in [0.5, 0.6) is 0 Å². The van der Waals surface area contributed by atoms with Crippen molar-refractivity contribution in [2.24, 2.45) is 5.41 Å². The molecule has 0 aliphatic heterocycles. The zero-order chi connectivity index (χ0) is 16.6. The molecule has 2 N–H and O–H groups in total. The molecule has 0 spiro atoms. The van der Waals surface area contributed by atoms with Crippen LogP contribution in [0.4, 0.5) is 30.7 Å². The molecule has 0 saturated heterocycles. The van der Waals surface area contributed by atoms with Gasteiger partial charge in [0.1, 0.15) is 12.5 Å². The van der Waals surface area contributed by atoms with Gasteiger partial charge in [0.2, 0.25) is 0 Å². The first-order chi connectivity index (χ1) is 8.51. The average molecular weight is 314 g/mol. The summed E-state index contributed by atoms with van der Waals surface area (Å²) in [5.41, 5.74) is -0.990. The maximum absolute atomic E-state index is 13.3. The van der Waals surface area contributed by atoms with Crippen LogP contribution in [0.15, 0.2) is 0 Å². The van der Waals surface area contributed by atoms with Gasteiger partial charge >= 0.3 is 18.0 Å². The molecule has 9 heteroatoms.